The Hall–Kier alpha value is -3.17. The van der Waals surface area contributed by atoms with Gasteiger partial charge in [0.25, 0.3) is 0 Å². The standard InChI is InChI=1S/C22H16F2N2O3S2/c23-16-6-9-18(10-7-16)31(28,29)14-21(27)26(13-15-4-2-1-3-5-15)22-25-19-11-8-17(24)12-20(19)30-22/h1-12H,13-14H2. The number of nitrogens with zero attached hydrogens (tertiary/aromatic N) is 2. The highest BCUT2D eigenvalue weighted by atomic mass is 32.2. The van der Waals surface area contributed by atoms with Crippen LogP contribution in [0.1, 0.15) is 5.56 Å². The number of amides is 1. The Morgan fingerprint density at radius 1 is 0.935 bits per heavy atom. The molecule has 0 aliphatic rings. The van der Waals surface area contributed by atoms with E-state index in [0.29, 0.717) is 10.2 Å². The molecule has 31 heavy (non-hydrogen) atoms. The minimum Gasteiger partial charge on any atom is -0.283 e. The lowest BCUT2D eigenvalue weighted by molar-refractivity contribution is -0.116. The van der Waals surface area contributed by atoms with Crippen molar-refractivity contribution in [2.24, 2.45) is 0 Å². The molecular weight excluding hydrogens is 442 g/mol. The summed E-state index contributed by atoms with van der Waals surface area (Å²) >= 11 is 1.10. The number of benzene rings is 3. The molecule has 0 atom stereocenters. The summed E-state index contributed by atoms with van der Waals surface area (Å²) in [6.45, 7) is 0.0981. The zero-order valence-corrected chi connectivity index (χ0v) is 17.7. The Kier molecular flexibility index (Phi) is 5.79. The van der Waals surface area contributed by atoms with Gasteiger partial charge in [-0.25, -0.2) is 22.2 Å². The molecule has 9 heteroatoms. The van der Waals surface area contributed by atoms with Crippen molar-refractivity contribution in [3.8, 4) is 0 Å². The maximum absolute atomic E-state index is 13.6. The van der Waals surface area contributed by atoms with Gasteiger partial charge in [-0.1, -0.05) is 41.7 Å². The summed E-state index contributed by atoms with van der Waals surface area (Å²) in [6.07, 6.45) is 0. The van der Waals surface area contributed by atoms with Gasteiger partial charge >= 0.3 is 0 Å². The van der Waals surface area contributed by atoms with E-state index in [4.69, 9.17) is 0 Å². The first-order valence-corrected chi connectivity index (χ1v) is 11.7. The smallest absolute Gasteiger partial charge is 0.244 e. The molecule has 0 N–H and O–H groups in total. The molecule has 1 amide bonds. The molecular formula is C22H16F2N2O3S2. The van der Waals surface area contributed by atoms with E-state index in [-0.39, 0.29) is 16.6 Å². The molecule has 0 bridgehead atoms. The summed E-state index contributed by atoms with van der Waals surface area (Å²) < 4.78 is 52.7. The van der Waals surface area contributed by atoms with Gasteiger partial charge in [-0.3, -0.25) is 9.69 Å². The Morgan fingerprint density at radius 2 is 1.61 bits per heavy atom. The van der Waals surface area contributed by atoms with Crippen molar-refractivity contribution in [3.05, 3.63) is 90.0 Å². The molecule has 0 unspecified atom stereocenters. The second kappa shape index (κ2) is 8.52. The van der Waals surface area contributed by atoms with Crippen LogP contribution in [0.15, 0.2) is 77.7 Å². The van der Waals surface area contributed by atoms with Crippen LogP contribution in [-0.4, -0.2) is 25.1 Å². The molecule has 0 saturated heterocycles. The van der Waals surface area contributed by atoms with Gasteiger partial charge in [0.15, 0.2) is 15.0 Å². The highest BCUT2D eigenvalue weighted by molar-refractivity contribution is 7.92. The molecule has 0 saturated carbocycles. The van der Waals surface area contributed by atoms with Crippen molar-refractivity contribution in [2.45, 2.75) is 11.4 Å². The van der Waals surface area contributed by atoms with Gasteiger partial charge in [-0.2, -0.15) is 0 Å². The number of carbonyl (C=O) groups is 1. The predicted molar refractivity (Wildman–Crippen MR) is 116 cm³/mol. The molecule has 0 aliphatic heterocycles. The van der Waals surface area contributed by atoms with Gasteiger partial charge in [0, 0.05) is 0 Å². The number of rotatable bonds is 6. The lowest BCUT2D eigenvalue weighted by Gasteiger charge is -2.20. The van der Waals surface area contributed by atoms with E-state index in [9.17, 15) is 22.0 Å². The summed E-state index contributed by atoms with van der Waals surface area (Å²) in [7, 11) is -4.00. The van der Waals surface area contributed by atoms with Crippen LogP contribution in [0, 0.1) is 11.6 Å². The van der Waals surface area contributed by atoms with Crippen molar-refractivity contribution < 1.29 is 22.0 Å². The Labute approximate surface area is 181 Å². The van der Waals surface area contributed by atoms with Crippen LogP contribution in [0.2, 0.25) is 0 Å². The molecule has 158 valence electrons. The summed E-state index contributed by atoms with van der Waals surface area (Å²) in [5, 5.41) is 0.267. The average Bonchev–Trinajstić information content (AvgIpc) is 3.15. The summed E-state index contributed by atoms with van der Waals surface area (Å²) in [6, 6.07) is 17.5. The number of carbonyl (C=O) groups excluding carboxylic acids is 1. The monoisotopic (exact) mass is 458 g/mol. The topological polar surface area (TPSA) is 67.3 Å². The minimum absolute atomic E-state index is 0.0981. The van der Waals surface area contributed by atoms with Crippen LogP contribution >= 0.6 is 11.3 Å². The minimum atomic E-state index is -4.00. The highest BCUT2D eigenvalue weighted by Gasteiger charge is 2.27. The molecule has 0 spiro atoms. The first-order chi connectivity index (χ1) is 14.8. The molecule has 1 heterocycles. The molecule has 0 fully saturated rings. The third-order valence-electron chi connectivity index (χ3n) is 4.54. The highest BCUT2D eigenvalue weighted by Crippen LogP contribution is 2.31. The molecule has 3 aromatic carbocycles. The third-order valence-corrected chi connectivity index (χ3v) is 7.20. The number of hydrogen-bond donors (Lipinski definition) is 0. The third kappa shape index (κ3) is 4.78. The number of thiazole rings is 1. The number of aromatic nitrogens is 1. The summed E-state index contributed by atoms with van der Waals surface area (Å²) in [4.78, 5) is 18.6. The SMILES string of the molecule is O=C(CS(=O)(=O)c1ccc(F)cc1)N(Cc1ccccc1)c1nc2ccc(F)cc2s1. The largest absolute Gasteiger partial charge is 0.283 e. The Bertz CT molecular complexity index is 1340. The van der Waals surface area contributed by atoms with Gasteiger partial charge in [-0.05, 0) is 48.0 Å². The van der Waals surface area contributed by atoms with Crippen molar-refractivity contribution in [3.63, 3.8) is 0 Å². The van der Waals surface area contributed by atoms with Gasteiger partial charge in [-0.15, -0.1) is 0 Å². The van der Waals surface area contributed by atoms with Crippen LogP contribution in [0.4, 0.5) is 13.9 Å². The van der Waals surface area contributed by atoms with E-state index in [1.165, 1.54) is 23.1 Å². The second-order valence-electron chi connectivity index (χ2n) is 6.79. The Balaban J connectivity index is 1.69. The van der Waals surface area contributed by atoms with E-state index in [1.54, 1.807) is 12.1 Å². The van der Waals surface area contributed by atoms with Crippen LogP contribution < -0.4 is 4.90 Å². The fourth-order valence-electron chi connectivity index (χ4n) is 3.00. The molecule has 0 radical (unpaired) electrons. The van der Waals surface area contributed by atoms with E-state index in [2.05, 4.69) is 4.98 Å². The summed E-state index contributed by atoms with van der Waals surface area (Å²) in [5.74, 6) is -2.50. The average molecular weight is 459 g/mol. The normalized spacial score (nSPS) is 11.5. The van der Waals surface area contributed by atoms with E-state index < -0.39 is 33.1 Å². The lowest BCUT2D eigenvalue weighted by atomic mass is 10.2. The maximum Gasteiger partial charge on any atom is 0.244 e. The van der Waals surface area contributed by atoms with E-state index in [0.717, 1.165) is 41.2 Å². The van der Waals surface area contributed by atoms with E-state index >= 15 is 0 Å². The van der Waals surface area contributed by atoms with Gasteiger partial charge in [0.1, 0.15) is 17.4 Å². The molecule has 1 aromatic heterocycles. The number of sulfone groups is 1. The first kappa shape index (κ1) is 21.1. The number of fused-ring (bicyclic) bond motifs is 1. The van der Waals surface area contributed by atoms with Crippen molar-refractivity contribution in [1.82, 2.24) is 4.98 Å². The molecule has 0 aliphatic carbocycles. The van der Waals surface area contributed by atoms with Crippen LogP contribution in [0.25, 0.3) is 10.2 Å². The quantitative estimate of drug-likeness (QED) is 0.397. The van der Waals surface area contributed by atoms with E-state index in [1.807, 2.05) is 18.2 Å². The first-order valence-electron chi connectivity index (χ1n) is 9.20. The van der Waals surface area contributed by atoms with Crippen molar-refractivity contribution >= 4 is 42.4 Å². The van der Waals surface area contributed by atoms with Crippen LogP contribution in [-0.2, 0) is 21.2 Å². The van der Waals surface area contributed by atoms with Crippen molar-refractivity contribution in [1.29, 1.82) is 0 Å². The zero-order valence-electron chi connectivity index (χ0n) is 16.0. The second-order valence-corrected chi connectivity index (χ2v) is 9.79. The van der Waals surface area contributed by atoms with Gasteiger partial charge < -0.3 is 0 Å². The van der Waals surface area contributed by atoms with Crippen molar-refractivity contribution in [2.75, 3.05) is 10.7 Å². The van der Waals surface area contributed by atoms with Gasteiger partial charge in [0.05, 0.1) is 21.7 Å². The number of hydrogen-bond acceptors (Lipinski definition) is 5. The predicted octanol–water partition coefficient (Wildman–Crippen LogP) is 4.58. The van der Waals surface area contributed by atoms with Gasteiger partial charge in [0.2, 0.25) is 5.91 Å². The Morgan fingerprint density at radius 3 is 2.32 bits per heavy atom. The fourth-order valence-corrected chi connectivity index (χ4v) is 5.20. The van der Waals surface area contributed by atoms with Crippen LogP contribution in [0.5, 0.6) is 0 Å². The molecule has 5 nitrogen and oxygen atoms in total. The lowest BCUT2D eigenvalue weighted by Crippen LogP contribution is -2.35. The summed E-state index contributed by atoms with van der Waals surface area (Å²) in [5.41, 5.74) is 1.29. The zero-order chi connectivity index (χ0) is 22.0. The number of anilines is 1. The maximum atomic E-state index is 13.6. The molecule has 4 aromatic rings. The molecule has 4 rings (SSSR count). The van der Waals surface area contributed by atoms with Crippen LogP contribution in [0.3, 0.4) is 0 Å². The fraction of sp³-hybridized carbons (Fsp3) is 0.0909. The number of halogens is 2.